The molecule has 3 rings (SSSR count). The van der Waals surface area contributed by atoms with Gasteiger partial charge >= 0.3 is 0 Å². The molecule has 2 aromatic rings. The van der Waals surface area contributed by atoms with Gasteiger partial charge in [0.2, 0.25) is 11.8 Å². The predicted molar refractivity (Wildman–Crippen MR) is 103 cm³/mol. The van der Waals surface area contributed by atoms with Crippen LogP contribution in [0.4, 0.5) is 0 Å². The summed E-state index contributed by atoms with van der Waals surface area (Å²) in [6.45, 7) is 3.97. The minimum atomic E-state index is -0.510. The van der Waals surface area contributed by atoms with Crippen LogP contribution in [0, 0.1) is 6.92 Å². The van der Waals surface area contributed by atoms with Gasteiger partial charge in [-0.15, -0.1) is 0 Å². The summed E-state index contributed by atoms with van der Waals surface area (Å²) < 4.78 is 5.26. The molecule has 148 valence electrons. The van der Waals surface area contributed by atoms with E-state index in [1.165, 1.54) is 0 Å². The van der Waals surface area contributed by atoms with Gasteiger partial charge in [0, 0.05) is 25.8 Å². The molecule has 0 bridgehead atoms. The second-order valence-electron chi connectivity index (χ2n) is 6.76. The van der Waals surface area contributed by atoms with Crippen LogP contribution in [-0.2, 0) is 22.7 Å². The van der Waals surface area contributed by atoms with Gasteiger partial charge in [-0.3, -0.25) is 24.5 Å². The molecule has 0 aliphatic carbocycles. The smallest absolute Gasteiger partial charge is 0.237 e. The Balaban J connectivity index is 1.60. The molecule has 1 aromatic carbocycles. The molecule has 28 heavy (non-hydrogen) atoms. The van der Waals surface area contributed by atoms with E-state index in [0.717, 1.165) is 17.0 Å². The highest BCUT2D eigenvalue weighted by Crippen LogP contribution is 2.18. The van der Waals surface area contributed by atoms with E-state index < -0.39 is 6.04 Å². The van der Waals surface area contributed by atoms with Crippen LogP contribution in [0.3, 0.4) is 0 Å². The van der Waals surface area contributed by atoms with Gasteiger partial charge in [0.25, 0.3) is 0 Å². The molecular weight excluding hydrogens is 358 g/mol. The first kappa shape index (κ1) is 19.8. The number of carbonyl (C=O) groups excluding carboxylic acids is 2. The number of benzene rings is 1. The Hall–Kier alpha value is -3.00. The highest BCUT2D eigenvalue weighted by Gasteiger charge is 2.31. The van der Waals surface area contributed by atoms with Crippen molar-refractivity contribution in [2.45, 2.75) is 32.5 Å². The molecule has 2 heterocycles. The van der Waals surface area contributed by atoms with Gasteiger partial charge in [-0.25, -0.2) is 0 Å². The minimum absolute atomic E-state index is 0.0924. The number of hydrogen-bond acceptors (Lipinski definition) is 6. The Kier molecular flexibility index (Phi) is 6.54. The van der Waals surface area contributed by atoms with Crippen LogP contribution >= 0.6 is 0 Å². The second kappa shape index (κ2) is 9.27. The number of aryl methyl sites for hydroxylation is 1. The summed E-state index contributed by atoms with van der Waals surface area (Å²) in [6.07, 6.45) is 3.39. The van der Waals surface area contributed by atoms with Crippen molar-refractivity contribution in [1.29, 1.82) is 0 Å². The second-order valence-corrected chi connectivity index (χ2v) is 6.76. The molecule has 0 saturated carbocycles. The van der Waals surface area contributed by atoms with Crippen molar-refractivity contribution in [2.24, 2.45) is 0 Å². The van der Waals surface area contributed by atoms with E-state index in [1.54, 1.807) is 19.5 Å². The molecule has 0 spiro atoms. The zero-order valence-corrected chi connectivity index (χ0v) is 16.1. The summed E-state index contributed by atoms with van der Waals surface area (Å²) in [5.74, 6) is 0.451. The lowest BCUT2D eigenvalue weighted by Crippen LogP contribution is -2.56. The normalized spacial score (nSPS) is 17.1. The van der Waals surface area contributed by atoms with Crippen LogP contribution < -0.4 is 15.4 Å². The number of rotatable bonds is 7. The average molecular weight is 383 g/mol. The zero-order chi connectivity index (χ0) is 19.9. The van der Waals surface area contributed by atoms with Gasteiger partial charge in [-0.1, -0.05) is 12.1 Å². The molecule has 1 aliphatic heterocycles. The molecule has 2 amide bonds. The SMILES string of the molecule is COc1cccc(CN2CCNC(=O)C2CC(=O)NCc2cnc(C)cn2)c1. The van der Waals surface area contributed by atoms with Gasteiger partial charge in [-0.2, -0.15) is 0 Å². The predicted octanol–water partition coefficient (Wildman–Crippen LogP) is 0.801. The molecule has 1 unspecified atom stereocenters. The maximum atomic E-state index is 12.4. The zero-order valence-electron chi connectivity index (χ0n) is 16.1. The lowest BCUT2D eigenvalue weighted by molar-refractivity contribution is -0.134. The number of piperazine rings is 1. The van der Waals surface area contributed by atoms with Crippen molar-refractivity contribution in [3.63, 3.8) is 0 Å². The molecule has 1 aromatic heterocycles. The largest absolute Gasteiger partial charge is 0.497 e. The van der Waals surface area contributed by atoms with Crippen LogP contribution in [0.2, 0.25) is 0 Å². The first-order valence-electron chi connectivity index (χ1n) is 9.24. The fraction of sp³-hybridized carbons (Fsp3) is 0.400. The molecule has 2 N–H and O–H groups in total. The van der Waals surface area contributed by atoms with Crippen molar-refractivity contribution < 1.29 is 14.3 Å². The van der Waals surface area contributed by atoms with Gasteiger partial charge in [0.05, 0.1) is 43.7 Å². The van der Waals surface area contributed by atoms with E-state index >= 15 is 0 Å². The number of aromatic nitrogens is 2. The summed E-state index contributed by atoms with van der Waals surface area (Å²) in [5, 5.41) is 5.67. The van der Waals surface area contributed by atoms with Crippen LogP contribution in [0.15, 0.2) is 36.7 Å². The Morgan fingerprint density at radius 3 is 2.96 bits per heavy atom. The highest BCUT2D eigenvalue weighted by atomic mass is 16.5. The molecule has 1 saturated heterocycles. The Labute approximate surface area is 164 Å². The number of ether oxygens (including phenoxy) is 1. The first-order chi connectivity index (χ1) is 13.5. The van der Waals surface area contributed by atoms with Crippen molar-refractivity contribution in [3.05, 3.63) is 53.6 Å². The van der Waals surface area contributed by atoms with Crippen molar-refractivity contribution in [1.82, 2.24) is 25.5 Å². The number of nitrogens with zero attached hydrogens (tertiary/aromatic N) is 3. The third kappa shape index (κ3) is 5.26. The Bertz CT molecular complexity index is 825. The van der Waals surface area contributed by atoms with Crippen LogP contribution in [0.25, 0.3) is 0 Å². The molecule has 1 atom stereocenters. The summed E-state index contributed by atoms with van der Waals surface area (Å²) in [6, 6.07) is 7.22. The number of hydrogen-bond donors (Lipinski definition) is 2. The maximum Gasteiger partial charge on any atom is 0.237 e. The van der Waals surface area contributed by atoms with Crippen molar-refractivity contribution >= 4 is 11.8 Å². The van der Waals surface area contributed by atoms with E-state index in [2.05, 4.69) is 20.6 Å². The Morgan fingerprint density at radius 2 is 2.21 bits per heavy atom. The standard InChI is InChI=1S/C20H25N5O3/c1-14-10-23-16(11-22-14)12-24-19(26)9-18-20(27)21-6-7-25(18)13-15-4-3-5-17(8-15)28-2/h3-5,8,10-11,18H,6-7,9,12-13H2,1-2H3,(H,21,27)(H,24,26). The highest BCUT2D eigenvalue weighted by molar-refractivity contribution is 5.88. The number of amides is 2. The number of carbonyl (C=O) groups is 2. The van der Waals surface area contributed by atoms with Gasteiger partial charge < -0.3 is 15.4 Å². The van der Waals surface area contributed by atoms with E-state index in [9.17, 15) is 9.59 Å². The van der Waals surface area contributed by atoms with Gasteiger partial charge in [0.15, 0.2) is 0 Å². The molecule has 1 fully saturated rings. The van der Waals surface area contributed by atoms with Gasteiger partial charge in [0.1, 0.15) is 5.75 Å². The van der Waals surface area contributed by atoms with E-state index in [4.69, 9.17) is 4.74 Å². The van der Waals surface area contributed by atoms with Crippen LogP contribution in [0.5, 0.6) is 5.75 Å². The molecule has 0 radical (unpaired) electrons. The van der Waals surface area contributed by atoms with Crippen LogP contribution in [-0.4, -0.2) is 52.9 Å². The topological polar surface area (TPSA) is 96.5 Å². The molecular formula is C20H25N5O3. The van der Waals surface area contributed by atoms with Crippen LogP contribution in [0.1, 0.15) is 23.4 Å². The summed E-state index contributed by atoms with van der Waals surface area (Å²) in [7, 11) is 1.62. The summed E-state index contributed by atoms with van der Waals surface area (Å²) >= 11 is 0. The first-order valence-corrected chi connectivity index (χ1v) is 9.24. The number of methoxy groups -OCH3 is 1. The number of nitrogens with one attached hydrogen (secondary N) is 2. The maximum absolute atomic E-state index is 12.4. The van der Waals surface area contributed by atoms with E-state index in [0.29, 0.717) is 25.3 Å². The van der Waals surface area contributed by atoms with Crippen molar-refractivity contribution in [3.8, 4) is 5.75 Å². The summed E-state index contributed by atoms with van der Waals surface area (Å²) in [4.78, 5) is 35.2. The molecule has 8 heteroatoms. The van der Waals surface area contributed by atoms with E-state index in [-0.39, 0.29) is 24.8 Å². The quantitative estimate of drug-likeness (QED) is 0.734. The average Bonchev–Trinajstić information content (AvgIpc) is 2.70. The third-order valence-corrected chi connectivity index (χ3v) is 4.64. The fourth-order valence-corrected chi connectivity index (χ4v) is 3.13. The molecule has 8 nitrogen and oxygen atoms in total. The van der Waals surface area contributed by atoms with Gasteiger partial charge in [-0.05, 0) is 24.6 Å². The monoisotopic (exact) mass is 383 g/mol. The van der Waals surface area contributed by atoms with E-state index in [1.807, 2.05) is 36.1 Å². The fourth-order valence-electron chi connectivity index (χ4n) is 3.13. The van der Waals surface area contributed by atoms with Crippen molar-refractivity contribution in [2.75, 3.05) is 20.2 Å². The Morgan fingerprint density at radius 1 is 1.36 bits per heavy atom. The minimum Gasteiger partial charge on any atom is -0.497 e. The third-order valence-electron chi connectivity index (χ3n) is 4.64. The summed E-state index contributed by atoms with van der Waals surface area (Å²) in [5.41, 5.74) is 2.54. The molecule has 1 aliphatic rings. The lowest BCUT2D eigenvalue weighted by atomic mass is 10.1. The lowest BCUT2D eigenvalue weighted by Gasteiger charge is -2.34.